The lowest BCUT2D eigenvalue weighted by molar-refractivity contribution is -1.09. The van der Waals surface area contributed by atoms with Crippen LogP contribution in [-0.4, -0.2) is 42.6 Å². The highest BCUT2D eigenvalue weighted by Gasteiger charge is 2.15. The number of nitrogens with zero attached hydrogens (tertiary/aromatic N) is 1. The third-order valence-electron chi connectivity index (χ3n) is 2.05. The molecule has 0 aromatic carbocycles. The van der Waals surface area contributed by atoms with Crippen LogP contribution in [0.15, 0.2) is 12.2 Å². The lowest BCUT2D eigenvalue weighted by atomic mass is 10.3. The zero-order valence-electron chi connectivity index (χ0n) is 9.25. The van der Waals surface area contributed by atoms with Crippen LogP contribution < -0.4 is 0 Å². The normalized spacial score (nSPS) is 14.6. The Kier molecular flexibility index (Phi) is 5.42. The second-order valence-electron chi connectivity index (χ2n) is 3.65. The van der Waals surface area contributed by atoms with Crippen LogP contribution in [0.2, 0.25) is 0 Å². The maximum Gasteiger partial charge on any atom is 0.333 e. The summed E-state index contributed by atoms with van der Waals surface area (Å²) in [6.07, 6.45) is 0.653. The van der Waals surface area contributed by atoms with Gasteiger partial charge in [-0.3, -0.25) is 0 Å². The first-order chi connectivity index (χ1) is 6.39. The standard InChI is InChI=1S/C10H20NO3/c1-5-11(4,13)7-6-8-14-10(12)9(2)3/h13H,2,5-8H2,1,3-4H3/q+1. The Morgan fingerprint density at radius 2 is 2.14 bits per heavy atom. The van der Waals surface area contributed by atoms with Crippen molar-refractivity contribution in [2.75, 3.05) is 26.7 Å². The number of hydrogen-bond acceptors (Lipinski definition) is 3. The smallest absolute Gasteiger partial charge is 0.333 e. The van der Waals surface area contributed by atoms with Crippen LogP contribution >= 0.6 is 0 Å². The fourth-order valence-electron chi connectivity index (χ4n) is 0.851. The molecule has 1 unspecified atom stereocenters. The van der Waals surface area contributed by atoms with E-state index >= 15 is 0 Å². The fraction of sp³-hybridized carbons (Fsp3) is 0.700. The van der Waals surface area contributed by atoms with E-state index in [1.165, 1.54) is 0 Å². The molecule has 0 spiro atoms. The van der Waals surface area contributed by atoms with Gasteiger partial charge in [0, 0.05) is 12.0 Å². The molecular formula is C10H20NO3+. The van der Waals surface area contributed by atoms with E-state index in [4.69, 9.17) is 4.74 Å². The molecule has 0 aliphatic carbocycles. The molecule has 0 rings (SSSR count). The van der Waals surface area contributed by atoms with Gasteiger partial charge in [-0.1, -0.05) is 6.58 Å². The molecule has 0 fully saturated rings. The second kappa shape index (κ2) is 5.78. The summed E-state index contributed by atoms with van der Waals surface area (Å²) in [7, 11) is 1.72. The van der Waals surface area contributed by atoms with Gasteiger partial charge in [-0.05, 0) is 13.8 Å². The summed E-state index contributed by atoms with van der Waals surface area (Å²) in [5.41, 5.74) is 0.404. The van der Waals surface area contributed by atoms with Crippen molar-refractivity contribution >= 4 is 5.97 Å². The molecule has 4 nitrogen and oxygen atoms in total. The number of quaternary nitrogens is 1. The predicted molar refractivity (Wildman–Crippen MR) is 53.8 cm³/mol. The van der Waals surface area contributed by atoms with E-state index in [0.29, 0.717) is 31.7 Å². The molecule has 82 valence electrons. The molecule has 0 amide bonds. The van der Waals surface area contributed by atoms with Crippen molar-refractivity contribution in [2.24, 2.45) is 0 Å². The summed E-state index contributed by atoms with van der Waals surface area (Å²) in [6.45, 7) is 8.55. The van der Waals surface area contributed by atoms with Gasteiger partial charge >= 0.3 is 5.97 Å². The van der Waals surface area contributed by atoms with E-state index in [1.807, 2.05) is 6.92 Å². The first-order valence-corrected chi connectivity index (χ1v) is 4.79. The quantitative estimate of drug-likeness (QED) is 0.232. The highest BCUT2D eigenvalue weighted by atomic mass is 16.5. The number of hydrogen-bond donors (Lipinski definition) is 1. The summed E-state index contributed by atoms with van der Waals surface area (Å²) in [5, 5.41) is 9.58. The summed E-state index contributed by atoms with van der Waals surface area (Å²) in [5.74, 6) is -0.367. The lowest BCUT2D eigenvalue weighted by Gasteiger charge is -2.23. The third kappa shape index (κ3) is 5.72. The van der Waals surface area contributed by atoms with Gasteiger partial charge in [0.15, 0.2) is 0 Å². The molecule has 1 N–H and O–H groups in total. The second-order valence-corrected chi connectivity index (χ2v) is 3.65. The van der Waals surface area contributed by atoms with Gasteiger partial charge in [0.05, 0.1) is 13.7 Å². The highest BCUT2D eigenvalue weighted by molar-refractivity contribution is 5.86. The van der Waals surface area contributed by atoms with E-state index in [1.54, 1.807) is 14.0 Å². The summed E-state index contributed by atoms with van der Waals surface area (Å²) in [4.78, 5) is 10.9. The molecule has 0 aliphatic rings. The number of rotatable bonds is 6. The molecule has 0 saturated carbocycles. The molecule has 0 saturated heterocycles. The minimum atomic E-state index is -0.367. The highest BCUT2D eigenvalue weighted by Crippen LogP contribution is 1.99. The van der Waals surface area contributed by atoms with E-state index < -0.39 is 0 Å². The lowest BCUT2D eigenvalue weighted by Crippen LogP contribution is -2.41. The zero-order valence-corrected chi connectivity index (χ0v) is 9.25. The Morgan fingerprint density at radius 3 is 2.57 bits per heavy atom. The van der Waals surface area contributed by atoms with E-state index in [9.17, 15) is 10.0 Å². The van der Waals surface area contributed by atoms with E-state index in [2.05, 4.69) is 6.58 Å². The molecule has 0 radical (unpaired) electrons. The Bertz CT molecular complexity index is 211. The van der Waals surface area contributed by atoms with E-state index in [0.717, 1.165) is 0 Å². The van der Waals surface area contributed by atoms with Crippen LogP contribution in [-0.2, 0) is 9.53 Å². The number of esters is 1. The third-order valence-corrected chi connectivity index (χ3v) is 2.05. The number of carbonyl (C=O) groups is 1. The molecule has 14 heavy (non-hydrogen) atoms. The van der Waals surface area contributed by atoms with Crippen LogP contribution in [0.3, 0.4) is 0 Å². The van der Waals surface area contributed by atoms with Crippen molar-refractivity contribution in [1.82, 2.24) is 0 Å². The molecule has 1 atom stereocenters. The van der Waals surface area contributed by atoms with Crippen molar-refractivity contribution < 1.29 is 19.4 Å². The van der Waals surface area contributed by atoms with Crippen molar-refractivity contribution in [3.63, 3.8) is 0 Å². The Balaban J connectivity index is 3.57. The fourth-order valence-corrected chi connectivity index (χ4v) is 0.851. The molecule has 0 aromatic heterocycles. The van der Waals surface area contributed by atoms with Crippen molar-refractivity contribution in [1.29, 1.82) is 0 Å². The number of hydroxylamine groups is 3. The molecule has 4 heteroatoms. The molecule has 0 heterocycles. The molecule has 0 aromatic rings. The van der Waals surface area contributed by atoms with Crippen LogP contribution in [0.25, 0.3) is 0 Å². The van der Waals surface area contributed by atoms with Gasteiger partial charge in [-0.2, -0.15) is 4.65 Å². The van der Waals surface area contributed by atoms with Gasteiger partial charge in [0.1, 0.15) is 13.1 Å². The Labute approximate surface area is 85.3 Å². The van der Waals surface area contributed by atoms with E-state index in [-0.39, 0.29) is 10.6 Å². The van der Waals surface area contributed by atoms with Crippen LogP contribution in [0.1, 0.15) is 20.3 Å². The first-order valence-electron chi connectivity index (χ1n) is 4.79. The monoisotopic (exact) mass is 202 g/mol. The average Bonchev–Trinajstić information content (AvgIpc) is 2.12. The van der Waals surface area contributed by atoms with Gasteiger partial charge in [-0.25, -0.2) is 10.0 Å². The molecule has 0 aliphatic heterocycles. The summed E-state index contributed by atoms with van der Waals surface area (Å²) >= 11 is 0. The minimum Gasteiger partial charge on any atom is -0.462 e. The number of carbonyl (C=O) groups excluding carboxylic acids is 1. The van der Waals surface area contributed by atoms with Crippen LogP contribution in [0.4, 0.5) is 0 Å². The van der Waals surface area contributed by atoms with Gasteiger partial charge in [0.25, 0.3) is 0 Å². The molecular weight excluding hydrogens is 182 g/mol. The van der Waals surface area contributed by atoms with Crippen LogP contribution in [0.5, 0.6) is 0 Å². The van der Waals surface area contributed by atoms with Crippen molar-refractivity contribution in [3.8, 4) is 0 Å². The SMILES string of the molecule is C=C(C)C(=O)OCCC[N+](C)(O)CC. The minimum absolute atomic E-state index is 0.0371. The molecule has 0 bridgehead atoms. The Morgan fingerprint density at radius 1 is 1.57 bits per heavy atom. The summed E-state index contributed by atoms with van der Waals surface area (Å²) in [6, 6.07) is 0. The average molecular weight is 202 g/mol. The Hall–Kier alpha value is -0.870. The summed E-state index contributed by atoms with van der Waals surface area (Å²) < 4.78 is 4.85. The van der Waals surface area contributed by atoms with Gasteiger partial charge < -0.3 is 4.74 Å². The van der Waals surface area contributed by atoms with Gasteiger partial charge in [0.2, 0.25) is 0 Å². The van der Waals surface area contributed by atoms with Crippen molar-refractivity contribution in [2.45, 2.75) is 20.3 Å². The maximum atomic E-state index is 10.9. The number of ether oxygens (including phenoxy) is 1. The topological polar surface area (TPSA) is 46.5 Å². The first kappa shape index (κ1) is 13.1. The van der Waals surface area contributed by atoms with Crippen LogP contribution in [0, 0.1) is 0 Å². The predicted octanol–water partition coefficient (Wildman–Crippen LogP) is 1.35. The van der Waals surface area contributed by atoms with Gasteiger partial charge in [-0.15, -0.1) is 0 Å². The largest absolute Gasteiger partial charge is 0.462 e. The maximum absolute atomic E-state index is 10.9. The zero-order chi connectivity index (χ0) is 11.2. The van der Waals surface area contributed by atoms with Crippen molar-refractivity contribution in [3.05, 3.63) is 12.2 Å².